The van der Waals surface area contributed by atoms with Gasteiger partial charge < -0.3 is 14.8 Å². The number of carboxylic acid groups (broad SMARTS) is 1. The third-order valence-electron chi connectivity index (χ3n) is 7.31. The molecule has 0 aliphatic carbocycles. The van der Waals surface area contributed by atoms with E-state index in [0.717, 1.165) is 39.8 Å². The number of aromatic amines is 1. The van der Waals surface area contributed by atoms with Crippen LogP contribution >= 0.6 is 0 Å². The van der Waals surface area contributed by atoms with E-state index < -0.39 is 15.8 Å². The maximum absolute atomic E-state index is 12.1. The number of piperidine rings is 1. The van der Waals surface area contributed by atoms with Crippen LogP contribution in [-0.4, -0.2) is 59.1 Å². The normalized spacial score (nSPS) is 18.8. The number of aromatic nitrogens is 3. The first-order valence-electron chi connectivity index (χ1n) is 12.1. The predicted molar refractivity (Wildman–Crippen MR) is 140 cm³/mol. The zero-order valence-corrected chi connectivity index (χ0v) is 21.8. The van der Waals surface area contributed by atoms with Gasteiger partial charge in [0.2, 0.25) is 0 Å². The molecule has 1 fully saturated rings. The molecular formula is C27H30N4O5S. The molecule has 2 N–H and O–H groups in total. The number of benzene rings is 2. The Bertz CT molecular complexity index is 1570. The highest BCUT2D eigenvalue weighted by molar-refractivity contribution is 7.90. The van der Waals surface area contributed by atoms with Crippen molar-refractivity contribution in [2.75, 3.05) is 19.9 Å². The number of hydrogen-bond acceptors (Lipinski definition) is 6. The van der Waals surface area contributed by atoms with Gasteiger partial charge in [-0.3, -0.25) is 9.58 Å². The number of sulfone groups is 1. The topological polar surface area (TPSA) is 118 Å². The van der Waals surface area contributed by atoms with Gasteiger partial charge in [0.15, 0.2) is 9.84 Å². The van der Waals surface area contributed by atoms with Crippen LogP contribution in [0.3, 0.4) is 0 Å². The highest BCUT2D eigenvalue weighted by Crippen LogP contribution is 2.41. The van der Waals surface area contributed by atoms with E-state index in [-0.39, 0.29) is 22.5 Å². The molecule has 9 nitrogen and oxygen atoms in total. The average Bonchev–Trinajstić information content (AvgIpc) is 3.56. The summed E-state index contributed by atoms with van der Waals surface area (Å²) < 4.78 is 31.5. The number of likely N-dealkylation sites (tertiary alicyclic amines) is 1. The van der Waals surface area contributed by atoms with Gasteiger partial charge >= 0.3 is 5.97 Å². The first kappa shape index (κ1) is 25.0. The van der Waals surface area contributed by atoms with E-state index in [1.54, 1.807) is 30.1 Å². The Morgan fingerprint density at radius 3 is 2.76 bits per heavy atom. The molecular weight excluding hydrogens is 492 g/mol. The molecule has 37 heavy (non-hydrogen) atoms. The zero-order chi connectivity index (χ0) is 26.3. The Kier molecular flexibility index (Phi) is 6.55. The van der Waals surface area contributed by atoms with E-state index in [0.29, 0.717) is 19.5 Å². The fraction of sp³-hybridized carbons (Fsp3) is 0.333. The predicted octanol–water partition coefficient (Wildman–Crippen LogP) is 4.36. The number of methoxy groups -OCH3 is 1. The van der Waals surface area contributed by atoms with Crippen molar-refractivity contribution in [2.45, 2.75) is 43.3 Å². The molecule has 1 aliphatic heterocycles. The fourth-order valence-corrected chi connectivity index (χ4v) is 5.96. The molecule has 4 aromatic rings. The number of aromatic carboxylic acids is 1. The molecule has 0 saturated carbocycles. The van der Waals surface area contributed by atoms with Gasteiger partial charge in [-0.25, -0.2) is 13.2 Å². The molecule has 10 heteroatoms. The summed E-state index contributed by atoms with van der Waals surface area (Å²) in [6, 6.07) is 10.9. The zero-order valence-electron chi connectivity index (χ0n) is 21.0. The van der Waals surface area contributed by atoms with Crippen LogP contribution in [0.15, 0.2) is 59.9 Å². The van der Waals surface area contributed by atoms with Crippen molar-refractivity contribution < 1.29 is 23.1 Å². The molecule has 194 valence electrons. The van der Waals surface area contributed by atoms with Crippen LogP contribution in [0, 0.1) is 6.92 Å². The number of carbonyl (C=O) groups is 1. The van der Waals surface area contributed by atoms with Crippen LogP contribution in [0.25, 0.3) is 10.9 Å². The van der Waals surface area contributed by atoms with E-state index >= 15 is 0 Å². The monoisotopic (exact) mass is 522 g/mol. The van der Waals surface area contributed by atoms with Gasteiger partial charge in [-0.05, 0) is 49.1 Å². The molecule has 2 unspecified atom stereocenters. The van der Waals surface area contributed by atoms with Crippen LogP contribution < -0.4 is 4.74 Å². The Morgan fingerprint density at radius 2 is 2.05 bits per heavy atom. The summed E-state index contributed by atoms with van der Waals surface area (Å²) in [6.07, 6.45) is 7.35. The Labute approximate surface area is 215 Å². The molecule has 1 saturated heterocycles. The summed E-state index contributed by atoms with van der Waals surface area (Å²) in [7, 11) is -1.71. The highest BCUT2D eigenvalue weighted by atomic mass is 32.2. The molecule has 5 rings (SSSR count). The molecule has 0 spiro atoms. The lowest BCUT2D eigenvalue weighted by Gasteiger charge is -2.40. The highest BCUT2D eigenvalue weighted by Gasteiger charge is 2.34. The van der Waals surface area contributed by atoms with E-state index in [2.05, 4.69) is 15.0 Å². The van der Waals surface area contributed by atoms with Crippen molar-refractivity contribution in [3.05, 3.63) is 77.2 Å². The van der Waals surface area contributed by atoms with Crippen LogP contribution in [0.2, 0.25) is 0 Å². The van der Waals surface area contributed by atoms with E-state index in [1.807, 2.05) is 37.4 Å². The number of carboxylic acids is 1. The number of nitrogens with one attached hydrogen (secondary N) is 1. The summed E-state index contributed by atoms with van der Waals surface area (Å²) in [5, 5.41) is 15.4. The van der Waals surface area contributed by atoms with E-state index in [4.69, 9.17) is 4.74 Å². The standard InChI is InChI=1S/C27H30N4O5S/c1-17-12-25(36-2)23(21-8-10-28-26(17)21)16-30-11-9-18(31-15-19(14-29-31)37(3,34)35)13-24(30)20-6-4-5-7-22(20)27(32)33/h4-8,10,12,14-15,18,24,28H,9,11,13,16H2,1-3H3,(H,32,33). The van der Waals surface area contributed by atoms with Gasteiger partial charge in [0, 0.05) is 54.2 Å². The second-order valence-electron chi connectivity index (χ2n) is 9.63. The Hall–Kier alpha value is -3.63. The number of aryl methyl sites for hydroxylation is 1. The number of ether oxygens (including phenoxy) is 1. The lowest BCUT2D eigenvalue weighted by molar-refractivity contribution is 0.0682. The maximum Gasteiger partial charge on any atom is 0.336 e. The van der Waals surface area contributed by atoms with Crippen molar-refractivity contribution in [3.63, 3.8) is 0 Å². The van der Waals surface area contributed by atoms with Gasteiger partial charge in [0.05, 0.1) is 24.9 Å². The van der Waals surface area contributed by atoms with Crippen molar-refractivity contribution >= 4 is 26.7 Å². The molecule has 2 aromatic heterocycles. The van der Waals surface area contributed by atoms with Gasteiger partial charge in [-0.2, -0.15) is 5.10 Å². The smallest absolute Gasteiger partial charge is 0.336 e. The SMILES string of the molecule is COc1cc(C)c2[nH]ccc2c1CN1CCC(n2cc(S(C)(=O)=O)cn2)CC1c1ccccc1C(=O)O. The summed E-state index contributed by atoms with van der Waals surface area (Å²) in [6.45, 7) is 3.27. The van der Waals surface area contributed by atoms with Crippen molar-refractivity contribution in [3.8, 4) is 5.75 Å². The van der Waals surface area contributed by atoms with Gasteiger partial charge in [0.25, 0.3) is 0 Å². The summed E-state index contributed by atoms with van der Waals surface area (Å²) in [5.74, 6) is -0.182. The van der Waals surface area contributed by atoms with Crippen LogP contribution in [0.1, 0.15) is 52.0 Å². The van der Waals surface area contributed by atoms with Crippen molar-refractivity contribution in [1.82, 2.24) is 19.7 Å². The Morgan fingerprint density at radius 1 is 1.27 bits per heavy atom. The van der Waals surface area contributed by atoms with Gasteiger partial charge in [-0.15, -0.1) is 0 Å². The summed E-state index contributed by atoms with van der Waals surface area (Å²) in [5.41, 5.74) is 4.18. The van der Waals surface area contributed by atoms with Gasteiger partial charge in [0.1, 0.15) is 10.6 Å². The quantitative estimate of drug-likeness (QED) is 0.370. The van der Waals surface area contributed by atoms with Gasteiger partial charge in [-0.1, -0.05) is 18.2 Å². The Balaban J connectivity index is 1.55. The van der Waals surface area contributed by atoms with E-state index in [1.165, 1.54) is 12.5 Å². The number of hydrogen-bond donors (Lipinski definition) is 2. The second kappa shape index (κ2) is 9.68. The molecule has 0 radical (unpaired) electrons. The molecule has 0 amide bonds. The first-order valence-corrected chi connectivity index (χ1v) is 14.0. The summed E-state index contributed by atoms with van der Waals surface area (Å²) in [4.78, 5) is 17.9. The van der Waals surface area contributed by atoms with Crippen molar-refractivity contribution in [1.29, 1.82) is 0 Å². The number of rotatable bonds is 7. The van der Waals surface area contributed by atoms with Crippen LogP contribution in [0.5, 0.6) is 5.75 Å². The van der Waals surface area contributed by atoms with Crippen LogP contribution in [0.4, 0.5) is 0 Å². The number of nitrogens with zero attached hydrogens (tertiary/aromatic N) is 3. The minimum Gasteiger partial charge on any atom is -0.496 e. The summed E-state index contributed by atoms with van der Waals surface area (Å²) >= 11 is 0. The number of fused-ring (bicyclic) bond motifs is 1. The molecule has 0 bridgehead atoms. The van der Waals surface area contributed by atoms with E-state index in [9.17, 15) is 18.3 Å². The molecule has 3 heterocycles. The molecule has 2 atom stereocenters. The van der Waals surface area contributed by atoms with Crippen LogP contribution in [-0.2, 0) is 16.4 Å². The lowest BCUT2D eigenvalue weighted by atomic mass is 9.88. The van der Waals surface area contributed by atoms with Crippen molar-refractivity contribution in [2.24, 2.45) is 0 Å². The minimum atomic E-state index is -3.37. The minimum absolute atomic E-state index is 0.0780. The number of H-pyrrole nitrogens is 1. The first-order chi connectivity index (χ1) is 17.7. The third-order valence-corrected chi connectivity index (χ3v) is 8.38. The second-order valence-corrected chi connectivity index (χ2v) is 11.6. The molecule has 2 aromatic carbocycles. The average molecular weight is 523 g/mol. The largest absolute Gasteiger partial charge is 0.496 e. The third kappa shape index (κ3) is 4.74. The fourth-order valence-electron chi connectivity index (χ4n) is 5.43. The molecule has 1 aliphatic rings. The lowest BCUT2D eigenvalue weighted by Crippen LogP contribution is -2.38. The maximum atomic E-state index is 12.1.